The predicted octanol–water partition coefficient (Wildman–Crippen LogP) is 2.83. The highest BCUT2D eigenvalue weighted by Crippen LogP contribution is 2.22. The predicted molar refractivity (Wildman–Crippen MR) is 69.2 cm³/mol. The maximum absolute atomic E-state index is 11.3. The van der Waals surface area contributed by atoms with Crippen molar-refractivity contribution in [3.05, 3.63) is 47.0 Å². The van der Waals surface area contributed by atoms with Crippen LogP contribution in [0.5, 0.6) is 0 Å². The summed E-state index contributed by atoms with van der Waals surface area (Å²) in [6, 6.07) is 3.22. The first kappa shape index (κ1) is 12.5. The monoisotopic (exact) mass is 244 g/mol. The Morgan fingerprint density at radius 3 is 2.67 bits per heavy atom. The van der Waals surface area contributed by atoms with Crippen LogP contribution >= 0.6 is 0 Å². The minimum atomic E-state index is -0.304. The molecule has 18 heavy (non-hydrogen) atoms. The highest BCUT2D eigenvalue weighted by molar-refractivity contribution is 5.63. The van der Waals surface area contributed by atoms with Gasteiger partial charge in [-0.05, 0) is 12.5 Å². The molecule has 94 valence electrons. The van der Waals surface area contributed by atoms with Crippen LogP contribution in [0.4, 0.5) is 0 Å². The first-order valence-electron chi connectivity index (χ1n) is 6.19. The molecule has 2 aromatic heterocycles. The van der Waals surface area contributed by atoms with Crippen LogP contribution < -0.4 is 5.63 Å². The average Bonchev–Trinajstić information content (AvgIpc) is 2.40. The number of aryl methyl sites for hydroxylation is 1. The second kappa shape index (κ2) is 6.10. The molecule has 0 aliphatic rings. The quantitative estimate of drug-likeness (QED) is 0.759. The summed E-state index contributed by atoms with van der Waals surface area (Å²) in [4.78, 5) is 19.3. The molecule has 0 spiro atoms. The van der Waals surface area contributed by atoms with Crippen molar-refractivity contribution in [2.45, 2.75) is 32.6 Å². The number of aromatic nitrogens is 2. The maximum atomic E-state index is 11.3. The van der Waals surface area contributed by atoms with E-state index in [9.17, 15) is 4.79 Å². The molecule has 0 aliphatic heterocycles. The molecule has 0 aromatic carbocycles. The van der Waals surface area contributed by atoms with Gasteiger partial charge in [0.15, 0.2) is 0 Å². The van der Waals surface area contributed by atoms with Crippen LogP contribution in [0.3, 0.4) is 0 Å². The van der Waals surface area contributed by atoms with Crippen LogP contribution in [0.15, 0.2) is 40.1 Å². The van der Waals surface area contributed by atoms with Gasteiger partial charge in [-0.1, -0.05) is 19.8 Å². The Morgan fingerprint density at radius 2 is 1.94 bits per heavy atom. The SMILES string of the molecule is CCCCCc1oc(=O)ccc1-c1cncnc1. The Bertz CT molecular complexity index is 549. The van der Waals surface area contributed by atoms with Crippen LogP contribution in [0.2, 0.25) is 0 Å². The molecule has 0 saturated heterocycles. The van der Waals surface area contributed by atoms with E-state index in [1.54, 1.807) is 18.5 Å². The second-order valence-corrected chi connectivity index (χ2v) is 4.18. The van der Waals surface area contributed by atoms with E-state index in [4.69, 9.17) is 4.42 Å². The fourth-order valence-corrected chi connectivity index (χ4v) is 1.87. The summed E-state index contributed by atoms with van der Waals surface area (Å²) >= 11 is 0. The highest BCUT2D eigenvalue weighted by atomic mass is 16.4. The van der Waals surface area contributed by atoms with Crippen LogP contribution in [-0.4, -0.2) is 9.97 Å². The normalized spacial score (nSPS) is 10.5. The topological polar surface area (TPSA) is 56.0 Å². The lowest BCUT2D eigenvalue weighted by molar-refractivity contribution is 0.453. The zero-order valence-corrected chi connectivity index (χ0v) is 10.4. The zero-order valence-electron chi connectivity index (χ0n) is 10.4. The third-order valence-corrected chi connectivity index (χ3v) is 2.79. The number of unbranched alkanes of at least 4 members (excludes halogenated alkanes) is 2. The summed E-state index contributed by atoms with van der Waals surface area (Å²) in [5, 5.41) is 0. The van der Waals surface area contributed by atoms with Gasteiger partial charge in [-0.2, -0.15) is 0 Å². The van der Waals surface area contributed by atoms with Gasteiger partial charge in [-0.25, -0.2) is 14.8 Å². The van der Waals surface area contributed by atoms with Crippen molar-refractivity contribution in [3.8, 4) is 11.1 Å². The molecular formula is C14H16N2O2. The van der Waals surface area contributed by atoms with Crippen molar-refractivity contribution in [1.82, 2.24) is 9.97 Å². The van der Waals surface area contributed by atoms with Crippen LogP contribution in [0.1, 0.15) is 31.9 Å². The Hall–Kier alpha value is -1.97. The van der Waals surface area contributed by atoms with Gasteiger partial charge < -0.3 is 4.42 Å². The van der Waals surface area contributed by atoms with Crippen molar-refractivity contribution in [2.24, 2.45) is 0 Å². The molecule has 0 N–H and O–H groups in total. The molecule has 2 rings (SSSR count). The van der Waals surface area contributed by atoms with Gasteiger partial charge in [0.25, 0.3) is 0 Å². The summed E-state index contributed by atoms with van der Waals surface area (Å²) in [6.45, 7) is 2.15. The van der Waals surface area contributed by atoms with E-state index < -0.39 is 0 Å². The summed E-state index contributed by atoms with van der Waals surface area (Å²) in [5.41, 5.74) is 1.49. The number of nitrogens with zero attached hydrogens (tertiary/aromatic N) is 2. The molecule has 4 heteroatoms. The molecule has 0 amide bonds. The third-order valence-electron chi connectivity index (χ3n) is 2.79. The minimum absolute atomic E-state index is 0.304. The van der Waals surface area contributed by atoms with E-state index in [1.807, 2.05) is 0 Å². The zero-order chi connectivity index (χ0) is 12.8. The third kappa shape index (κ3) is 3.03. The van der Waals surface area contributed by atoms with Gasteiger partial charge in [0.05, 0.1) is 0 Å². The van der Waals surface area contributed by atoms with E-state index in [1.165, 1.54) is 12.4 Å². The highest BCUT2D eigenvalue weighted by Gasteiger charge is 2.08. The Balaban J connectivity index is 2.32. The van der Waals surface area contributed by atoms with Gasteiger partial charge in [-0.15, -0.1) is 0 Å². The first-order chi connectivity index (χ1) is 8.81. The standard InChI is InChI=1S/C14H16N2O2/c1-2-3-4-5-13-12(6-7-14(17)18-13)11-8-15-10-16-9-11/h6-10H,2-5H2,1H3. The first-order valence-corrected chi connectivity index (χ1v) is 6.19. The average molecular weight is 244 g/mol. The van der Waals surface area contributed by atoms with Crippen molar-refractivity contribution >= 4 is 0 Å². The lowest BCUT2D eigenvalue weighted by Crippen LogP contribution is -2.01. The fourth-order valence-electron chi connectivity index (χ4n) is 1.87. The summed E-state index contributed by atoms with van der Waals surface area (Å²) in [7, 11) is 0. The lowest BCUT2D eigenvalue weighted by atomic mass is 10.0. The van der Waals surface area contributed by atoms with E-state index >= 15 is 0 Å². The summed E-state index contributed by atoms with van der Waals surface area (Å²) in [5.74, 6) is 0.728. The van der Waals surface area contributed by atoms with E-state index in [0.29, 0.717) is 0 Å². The maximum Gasteiger partial charge on any atom is 0.335 e. The fraction of sp³-hybridized carbons (Fsp3) is 0.357. The molecule has 0 atom stereocenters. The molecule has 0 bridgehead atoms. The molecule has 0 aliphatic carbocycles. The van der Waals surface area contributed by atoms with E-state index in [-0.39, 0.29) is 5.63 Å². The molecule has 2 heterocycles. The van der Waals surface area contributed by atoms with Gasteiger partial charge in [0, 0.05) is 36.0 Å². The number of rotatable bonds is 5. The molecular weight excluding hydrogens is 228 g/mol. The second-order valence-electron chi connectivity index (χ2n) is 4.18. The minimum Gasteiger partial charge on any atom is -0.427 e. The summed E-state index contributed by atoms with van der Waals surface area (Å²) in [6.07, 6.45) is 9.00. The van der Waals surface area contributed by atoms with E-state index in [0.717, 1.165) is 42.6 Å². The number of hydrogen-bond donors (Lipinski definition) is 0. The number of hydrogen-bond acceptors (Lipinski definition) is 4. The largest absolute Gasteiger partial charge is 0.427 e. The smallest absolute Gasteiger partial charge is 0.335 e. The van der Waals surface area contributed by atoms with Crippen molar-refractivity contribution < 1.29 is 4.42 Å². The molecule has 2 aromatic rings. The van der Waals surface area contributed by atoms with Crippen molar-refractivity contribution in [1.29, 1.82) is 0 Å². The Morgan fingerprint density at radius 1 is 1.17 bits per heavy atom. The molecule has 0 radical (unpaired) electrons. The molecule has 0 unspecified atom stereocenters. The van der Waals surface area contributed by atoms with Crippen LogP contribution in [-0.2, 0) is 6.42 Å². The van der Waals surface area contributed by atoms with Gasteiger partial charge in [0.2, 0.25) is 0 Å². The Labute approximate surface area is 106 Å². The van der Waals surface area contributed by atoms with Crippen LogP contribution in [0.25, 0.3) is 11.1 Å². The van der Waals surface area contributed by atoms with Crippen molar-refractivity contribution in [3.63, 3.8) is 0 Å². The van der Waals surface area contributed by atoms with Gasteiger partial charge >= 0.3 is 5.63 Å². The van der Waals surface area contributed by atoms with E-state index in [2.05, 4.69) is 16.9 Å². The summed E-state index contributed by atoms with van der Waals surface area (Å²) < 4.78 is 5.30. The molecule has 4 nitrogen and oxygen atoms in total. The van der Waals surface area contributed by atoms with Crippen LogP contribution in [0, 0.1) is 0 Å². The van der Waals surface area contributed by atoms with Gasteiger partial charge in [0.1, 0.15) is 12.1 Å². The molecule has 0 saturated carbocycles. The molecule has 0 fully saturated rings. The van der Waals surface area contributed by atoms with Crippen molar-refractivity contribution in [2.75, 3.05) is 0 Å². The Kier molecular flexibility index (Phi) is 4.23. The lowest BCUT2D eigenvalue weighted by Gasteiger charge is -2.06. The van der Waals surface area contributed by atoms with Gasteiger partial charge in [-0.3, -0.25) is 0 Å².